The van der Waals surface area contributed by atoms with Gasteiger partial charge in [-0.1, -0.05) is 46.9 Å². The van der Waals surface area contributed by atoms with Gasteiger partial charge in [-0.05, 0) is 66.6 Å². The van der Waals surface area contributed by atoms with Gasteiger partial charge in [-0.2, -0.15) is 5.10 Å². The molecule has 188 valence electrons. The van der Waals surface area contributed by atoms with Gasteiger partial charge in [0.15, 0.2) is 11.5 Å². The summed E-state index contributed by atoms with van der Waals surface area (Å²) in [4.78, 5) is 24.2. The van der Waals surface area contributed by atoms with Crippen LogP contribution in [-0.4, -0.2) is 31.2 Å². The van der Waals surface area contributed by atoms with E-state index in [-0.39, 0.29) is 29.8 Å². The van der Waals surface area contributed by atoms with Crippen LogP contribution in [0.15, 0.2) is 65.8 Å². The second kappa shape index (κ2) is 13.7. The summed E-state index contributed by atoms with van der Waals surface area (Å²) < 4.78 is 11.6. The van der Waals surface area contributed by atoms with Gasteiger partial charge in [-0.3, -0.25) is 9.59 Å². The number of halogens is 3. The monoisotopic (exact) mass is 547 g/mol. The van der Waals surface area contributed by atoms with E-state index >= 15 is 0 Å². The van der Waals surface area contributed by atoms with Crippen LogP contribution in [0.3, 0.4) is 0 Å². The lowest BCUT2D eigenvalue weighted by molar-refractivity contribution is -0.120. The van der Waals surface area contributed by atoms with Crippen LogP contribution < -0.4 is 20.2 Å². The molecule has 0 aromatic heterocycles. The first kappa shape index (κ1) is 27.3. The van der Waals surface area contributed by atoms with E-state index in [1.54, 1.807) is 36.4 Å². The highest BCUT2D eigenvalue weighted by Crippen LogP contribution is 2.29. The van der Waals surface area contributed by atoms with Crippen molar-refractivity contribution in [3.05, 3.63) is 92.4 Å². The Bertz CT molecular complexity index is 1230. The Balaban J connectivity index is 1.48. The summed E-state index contributed by atoms with van der Waals surface area (Å²) in [5, 5.41) is 7.93. The molecule has 2 amide bonds. The molecule has 0 fully saturated rings. The summed E-state index contributed by atoms with van der Waals surface area (Å²) in [6.45, 7) is 2.84. The Morgan fingerprint density at radius 2 is 1.69 bits per heavy atom. The average Bonchev–Trinajstić information content (AvgIpc) is 2.86. The van der Waals surface area contributed by atoms with E-state index in [0.29, 0.717) is 45.9 Å². The topological polar surface area (TPSA) is 89.0 Å². The van der Waals surface area contributed by atoms with Crippen LogP contribution in [0.2, 0.25) is 15.1 Å². The first-order valence-corrected chi connectivity index (χ1v) is 12.2. The number of nitrogens with one attached hydrogen (secondary N) is 2. The number of amides is 2. The van der Waals surface area contributed by atoms with Crippen molar-refractivity contribution in [2.45, 2.75) is 20.0 Å². The number of ether oxygens (including phenoxy) is 2. The number of hydrogen-bond acceptors (Lipinski definition) is 5. The van der Waals surface area contributed by atoms with Crippen molar-refractivity contribution < 1.29 is 19.1 Å². The van der Waals surface area contributed by atoms with Crippen LogP contribution >= 0.6 is 34.8 Å². The fourth-order valence-corrected chi connectivity index (χ4v) is 3.42. The lowest BCUT2D eigenvalue weighted by Gasteiger charge is -2.12. The molecule has 3 aromatic carbocycles. The molecule has 0 radical (unpaired) electrons. The number of benzene rings is 3. The molecule has 2 N–H and O–H groups in total. The van der Waals surface area contributed by atoms with Crippen LogP contribution in [0.5, 0.6) is 11.5 Å². The van der Waals surface area contributed by atoms with Crippen LogP contribution in [-0.2, 0) is 11.4 Å². The minimum atomic E-state index is -0.355. The van der Waals surface area contributed by atoms with Gasteiger partial charge < -0.3 is 14.8 Å². The van der Waals surface area contributed by atoms with Gasteiger partial charge in [-0.15, -0.1) is 0 Å². The van der Waals surface area contributed by atoms with E-state index in [1.165, 1.54) is 18.3 Å². The van der Waals surface area contributed by atoms with Gasteiger partial charge in [0.25, 0.3) is 5.91 Å². The molecule has 3 aromatic rings. The maximum Gasteiger partial charge on any atom is 0.251 e. The van der Waals surface area contributed by atoms with Crippen molar-refractivity contribution in [1.29, 1.82) is 0 Å². The van der Waals surface area contributed by atoms with E-state index in [0.717, 1.165) is 5.56 Å². The molecule has 7 nitrogen and oxygen atoms in total. The number of carbonyl (C=O) groups is 2. The Hall–Kier alpha value is -3.26. The molecule has 0 spiro atoms. The van der Waals surface area contributed by atoms with Crippen LogP contribution in [0.1, 0.15) is 34.8 Å². The van der Waals surface area contributed by atoms with E-state index in [4.69, 9.17) is 44.3 Å². The summed E-state index contributed by atoms with van der Waals surface area (Å²) in [5.41, 5.74) is 4.48. The van der Waals surface area contributed by atoms with Crippen molar-refractivity contribution in [2.24, 2.45) is 5.10 Å². The lowest BCUT2D eigenvalue weighted by Crippen LogP contribution is -2.29. The Labute approximate surface area is 224 Å². The van der Waals surface area contributed by atoms with Crippen molar-refractivity contribution in [3.8, 4) is 11.5 Å². The molecule has 0 bridgehead atoms. The lowest BCUT2D eigenvalue weighted by atomic mass is 10.2. The van der Waals surface area contributed by atoms with E-state index in [9.17, 15) is 9.59 Å². The number of hydrazone groups is 1. The van der Waals surface area contributed by atoms with Crippen LogP contribution in [0, 0.1) is 0 Å². The number of rotatable bonds is 11. The van der Waals surface area contributed by atoms with E-state index in [2.05, 4.69) is 15.8 Å². The predicted octanol–water partition coefficient (Wildman–Crippen LogP) is 5.89. The summed E-state index contributed by atoms with van der Waals surface area (Å²) in [6.07, 6.45) is 1.55. The van der Waals surface area contributed by atoms with Crippen molar-refractivity contribution in [1.82, 2.24) is 10.7 Å². The number of hydrogen-bond donors (Lipinski definition) is 2. The molecular weight excluding hydrogens is 525 g/mol. The van der Waals surface area contributed by atoms with E-state index in [1.807, 2.05) is 19.1 Å². The van der Waals surface area contributed by atoms with Crippen LogP contribution in [0.25, 0.3) is 0 Å². The first-order chi connectivity index (χ1) is 17.4. The van der Waals surface area contributed by atoms with E-state index < -0.39 is 0 Å². The average molecular weight is 549 g/mol. The van der Waals surface area contributed by atoms with Crippen molar-refractivity contribution in [3.63, 3.8) is 0 Å². The van der Waals surface area contributed by atoms with Gasteiger partial charge in [0.05, 0.1) is 22.9 Å². The Morgan fingerprint density at radius 1 is 0.917 bits per heavy atom. The third kappa shape index (κ3) is 8.45. The summed E-state index contributed by atoms with van der Waals surface area (Å²) >= 11 is 17.7. The number of carbonyl (C=O) groups excluding carboxylic acids is 2. The molecule has 36 heavy (non-hydrogen) atoms. The highest BCUT2D eigenvalue weighted by molar-refractivity contribution is 6.42. The molecule has 0 aliphatic rings. The number of nitrogens with zero attached hydrogens (tertiary/aromatic N) is 1. The fourth-order valence-electron chi connectivity index (χ4n) is 3.00. The Kier molecular flexibility index (Phi) is 10.4. The fraction of sp³-hybridized carbons (Fsp3) is 0.192. The largest absolute Gasteiger partial charge is 0.490 e. The smallest absolute Gasteiger partial charge is 0.251 e. The summed E-state index contributed by atoms with van der Waals surface area (Å²) in [5.74, 6) is 0.442. The second-order valence-electron chi connectivity index (χ2n) is 7.48. The highest BCUT2D eigenvalue weighted by Gasteiger charge is 2.09. The SMILES string of the molecule is CCOc1cc(C=NNC(=O)CCNC(=O)c2ccc(Cl)c(Cl)c2)ccc1OCc1ccc(Cl)cc1. The molecule has 0 aliphatic carbocycles. The standard InChI is InChI=1S/C26H24Cl3N3O4/c1-2-35-24-13-18(5-10-23(24)36-16-17-3-7-20(27)8-4-17)15-31-32-25(33)11-12-30-26(34)19-6-9-21(28)22(29)14-19/h3-10,13-15H,2,11-12,16H2,1H3,(H,30,34)(H,32,33). The maximum atomic E-state index is 12.1. The third-order valence-electron chi connectivity index (χ3n) is 4.80. The quantitative estimate of drug-likeness (QED) is 0.231. The van der Waals surface area contributed by atoms with Crippen molar-refractivity contribution >= 4 is 52.8 Å². The zero-order valence-corrected chi connectivity index (χ0v) is 21.7. The molecule has 0 aliphatic heterocycles. The molecule has 0 saturated heterocycles. The second-order valence-corrected chi connectivity index (χ2v) is 8.73. The van der Waals surface area contributed by atoms with Gasteiger partial charge in [0.2, 0.25) is 5.91 Å². The zero-order valence-electron chi connectivity index (χ0n) is 19.4. The molecule has 0 saturated carbocycles. The molecular formula is C26H24Cl3N3O4. The normalized spacial score (nSPS) is 10.8. The maximum absolute atomic E-state index is 12.1. The van der Waals surface area contributed by atoms with Crippen molar-refractivity contribution in [2.75, 3.05) is 13.2 Å². The third-order valence-corrected chi connectivity index (χ3v) is 5.79. The highest BCUT2D eigenvalue weighted by atomic mass is 35.5. The zero-order chi connectivity index (χ0) is 25.9. The molecule has 0 unspecified atom stereocenters. The predicted molar refractivity (Wildman–Crippen MR) is 143 cm³/mol. The molecule has 10 heteroatoms. The van der Waals surface area contributed by atoms with Gasteiger partial charge in [-0.25, -0.2) is 5.43 Å². The summed E-state index contributed by atoms with van der Waals surface area (Å²) in [6, 6.07) is 17.3. The van der Waals surface area contributed by atoms with Gasteiger partial charge >= 0.3 is 0 Å². The first-order valence-electron chi connectivity index (χ1n) is 11.0. The van der Waals surface area contributed by atoms with Gasteiger partial charge in [0, 0.05) is 23.6 Å². The minimum Gasteiger partial charge on any atom is -0.490 e. The Morgan fingerprint density at radius 3 is 2.42 bits per heavy atom. The molecule has 0 atom stereocenters. The molecule has 3 rings (SSSR count). The minimum absolute atomic E-state index is 0.0477. The summed E-state index contributed by atoms with van der Waals surface area (Å²) in [7, 11) is 0. The van der Waals surface area contributed by atoms with Gasteiger partial charge in [0.1, 0.15) is 6.61 Å². The van der Waals surface area contributed by atoms with Crippen LogP contribution in [0.4, 0.5) is 0 Å². The molecule has 0 heterocycles.